The van der Waals surface area contributed by atoms with Crippen LogP contribution in [0.15, 0.2) is 30.3 Å². The summed E-state index contributed by atoms with van der Waals surface area (Å²) in [6, 6.07) is 9.60. The van der Waals surface area contributed by atoms with E-state index in [9.17, 15) is 9.36 Å². The minimum Gasteiger partial charge on any atom is -0.322 e. The average molecular weight is 315 g/mol. The zero-order valence-electron chi connectivity index (χ0n) is 11.0. The van der Waals surface area contributed by atoms with Crippen LogP contribution in [0.5, 0.6) is 0 Å². The Labute approximate surface area is 123 Å². The summed E-state index contributed by atoms with van der Waals surface area (Å²) in [5.74, 6) is 0. The molecule has 1 aliphatic rings. The van der Waals surface area contributed by atoms with Gasteiger partial charge in [0.15, 0.2) is 0 Å². The van der Waals surface area contributed by atoms with Gasteiger partial charge in [-0.2, -0.15) is 0 Å². The average Bonchev–Trinajstić information content (AvgIpc) is 2.39. The van der Waals surface area contributed by atoms with Gasteiger partial charge in [-0.25, -0.2) is 4.79 Å². The molecule has 2 amide bonds. The standard InChI is InChI=1S/C12H18N3O3PS/c16-12(13-19(17,18)20)15-8-6-14(7-9-15)10-11-4-2-1-3-5-11/h1-5H,6-10H2,(H3,13,16,17,18,20). The Morgan fingerprint density at radius 1 is 1.25 bits per heavy atom. The Hall–Kier alpha value is -1.01. The highest BCUT2D eigenvalue weighted by Crippen LogP contribution is 2.40. The van der Waals surface area contributed by atoms with Gasteiger partial charge in [0, 0.05) is 32.7 Å². The smallest absolute Gasteiger partial charge is 0.322 e. The predicted molar refractivity (Wildman–Crippen MR) is 80.6 cm³/mol. The van der Waals surface area contributed by atoms with Crippen LogP contribution in [0.1, 0.15) is 5.56 Å². The largest absolute Gasteiger partial charge is 0.349 e. The first-order valence-corrected chi connectivity index (χ1v) is 9.14. The van der Waals surface area contributed by atoms with Gasteiger partial charge in [0.05, 0.1) is 0 Å². The molecule has 1 atom stereocenters. The van der Waals surface area contributed by atoms with Crippen LogP contribution in [0, 0.1) is 0 Å². The van der Waals surface area contributed by atoms with Crippen LogP contribution in [0.3, 0.4) is 0 Å². The fourth-order valence-electron chi connectivity index (χ4n) is 2.15. The van der Waals surface area contributed by atoms with Crippen molar-refractivity contribution in [1.82, 2.24) is 14.9 Å². The molecule has 20 heavy (non-hydrogen) atoms. The third-order valence-corrected chi connectivity index (χ3v) is 3.93. The number of hydrogen-bond acceptors (Lipinski definition) is 3. The van der Waals surface area contributed by atoms with E-state index in [1.807, 2.05) is 23.3 Å². The highest BCUT2D eigenvalue weighted by molar-refractivity contribution is 8.45. The monoisotopic (exact) mass is 315 g/mol. The topological polar surface area (TPSA) is 72.9 Å². The molecule has 0 saturated carbocycles. The van der Waals surface area contributed by atoms with Crippen molar-refractivity contribution in [2.24, 2.45) is 0 Å². The van der Waals surface area contributed by atoms with Crippen LogP contribution in [-0.2, 0) is 11.1 Å². The summed E-state index contributed by atoms with van der Waals surface area (Å²) in [6.07, 6.45) is 0. The summed E-state index contributed by atoms with van der Waals surface area (Å²) in [6.45, 7) is -0.421. The van der Waals surface area contributed by atoms with E-state index in [2.05, 4.69) is 29.3 Å². The number of nitrogens with zero attached hydrogens (tertiary/aromatic N) is 2. The second-order valence-electron chi connectivity index (χ2n) is 4.71. The van der Waals surface area contributed by atoms with Crippen molar-refractivity contribution in [2.75, 3.05) is 26.2 Å². The van der Waals surface area contributed by atoms with E-state index in [0.717, 1.165) is 19.6 Å². The van der Waals surface area contributed by atoms with Gasteiger partial charge in [-0.05, 0) is 5.56 Å². The molecule has 8 heteroatoms. The lowest BCUT2D eigenvalue weighted by molar-refractivity contribution is 0.138. The summed E-state index contributed by atoms with van der Waals surface area (Å²) in [4.78, 5) is 24.5. The lowest BCUT2D eigenvalue weighted by atomic mass is 10.2. The molecule has 1 heterocycles. The van der Waals surface area contributed by atoms with E-state index in [1.165, 1.54) is 10.5 Å². The number of benzene rings is 1. The molecule has 0 bridgehead atoms. The van der Waals surface area contributed by atoms with Gasteiger partial charge in [0.1, 0.15) is 0 Å². The molecule has 2 rings (SSSR count). The lowest BCUT2D eigenvalue weighted by Crippen LogP contribution is -2.50. The summed E-state index contributed by atoms with van der Waals surface area (Å²) in [5, 5.41) is 2.00. The number of thiol groups is 1. The summed E-state index contributed by atoms with van der Waals surface area (Å²) >= 11 is 3.44. The minimum atomic E-state index is -3.82. The maximum Gasteiger partial charge on any atom is 0.349 e. The predicted octanol–water partition coefficient (Wildman–Crippen LogP) is 1.54. The molecule has 2 N–H and O–H groups in total. The number of carbonyl (C=O) groups excluding carboxylic acids is 1. The highest BCUT2D eigenvalue weighted by Gasteiger charge is 2.24. The first-order valence-electron chi connectivity index (χ1n) is 6.33. The number of urea groups is 1. The molecule has 1 saturated heterocycles. The number of piperazine rings is 1. The van der Waals surface area contributed by atoms with Crippen LogP contribution in [0.2, 0.25) is 0 Å². The second kappa shape index (κ2) is 6.63. The number of rotatable bonds is 3. The Kier molecular flexibility index (Phi) is 5.10. The van der Waals surface area contributed by atoms with E-state index in [-0.39, 0.29) is 0 Å². The van der Waals surface area contributed by atoms with Gasteiger partial charge in [0.2, 0.25) is 0 Å². The minimum absolute atomic E-state index is 0.534. The van der Waals surface area contributed by atoms with Crippen LogP contribution in [0.4, 0.5) is 4.79 Å². The molecule has 110 valence electrons. The third-order valence-electron chi connectivity index (χ3n) is 3.15. The summed E-state index contributed by atoms with van der Waals surface area (Å²) in [7, 11) is 0. The van der Waals surface area contributed by atoms with Crippen molar-refractivity contribution in [1.29, 1.82) is 0 Å². The normalized spacial score (nSPS) is 19.4. The molecule has 1 aliphatic heterocycles. The zero-order chi connectivity index (χ0) is 14.6. The number of amides is 2. The second-order valence-corrected chi connectivity index (χ2v) is 7.65. The number of carbonyl (C=O) groups is 1. The molecule has 0 spiro atoms. The maximum atomic E-state index is 11.7. The Balaban J connectivity index is 1.81. The fourth-order valence-corrected chi connectivity index (χ4v) is 2.79. The Morgan fingerprint density at radius 2 is 1.85 bits per heavy atom. The van der Waals surface area contributed by atoms with Gasteiger partial charge in [-0.3, -0.25) is 14.6 Å². The van der Waals surface area contributed by atoms with Gasteiger partial charge < -0.3 is 9.79 Å². The van der Waals surface area contributed by atoms with Crippen molar-refractivity contribution >= 4 is 25.0 Å². The highest BCUT2D eigenvalue weighted by atomic mass is 32.7. The van der Waals surface area contributed by atoms with Gasteiger partial charge in [0.25, 0.3) is 0 Å². The van der Waals surface area contributed by atoms with Gasteiger partial charge >= 0.3 is 12.8 Å². The van der Waals surface area contributed by atoms with Crippen LogP contribution >= 0.6 is 19.0 Å². The molecular formula is C12H18N3O3PS. The van der Waals surface area contributed by atoms with E-state index < -0.39 is 12.8 Å². The number of hydrogen-bond donors (Lipinski definition) is 3. The molecule has 1 aromatic rings. The van der Waals surface area contributed by atoms with Crippen LogP contribution < -0.4 is 5.09 Å². The first-order chi connectivity index (χ1) is 9.44. The maximum absolute atomic E-state index is 11.7. The fraction of sp³-hybridized carbons (Fsp3) is 0.417. The van der Waals surface area contributed by atoms with Gasteiger partial charge in [-0.1, -0.05) is 42.6 Å². The first kappa shape index (κ1) is 15.4. The van der Waals surface area contributed by atoms with Crippen molar-refractivity contribution in [3.05, 3.63) is 35.9 Å². The van der Waals surface area contributed by atoms with Crippen molar-refractivity contribution in [2.45, 2.75) is 6.54 Å². The van der Waals surface area contributed by atoms with Crippen LogP contribution in [0.25, 0.3) is 0 Å². The summed E-state index contributed by atoms with van der Waals surface area (Å²) in [5.41, 5.74) is 1.24. The van der Waals surface area contributed by atoms with Gasteiger partial charge in [-0.15, -0.1) is 0 Å². The Bertz CT molecular complexity index is 500. The summed E-state index contributed by atoms with van der Waals surface area (Å²) < 4.78 is 11.0. The van der Waals surface area contributed by atoms with Crippen LogP contribution in [-0.4, -0.2) is 46.9 Å². The van der Waals surface area contributed by atoms with E-state index >= 15 is 0 Å². The molecular weight excluding hydrogens is 297 g/mol. The molecule has 0 aliphatic carbocycles. The SMILES string of the molecule is O=C(NP(=O)(O)S)N1CCN(Cc2ccccc2)CC1. The van der Waals surface area contributed by atoms with Crippen molar-refractivity contribution in [3.63, 3.8) is 0 Å². The molecule has 6 nitrogen and oxygen atoms in total. The molecule has 0 aromatic heterocycles. The zero-order valence-corrected chi connectivity index (χ0v) is 12.8. The van der Waals surface area contributed by atoms with E-state index in [1.54, 1.807) is 0 Å². The number of nitrogens with one attached hydrogen (secondary N) is 1. The molecule has 1 unspecified atom stereocenters. The Morgan fingerprint density at radius 3 is 2.40 bits per heavy atom. The van der Waals surface area contributed by atoms with Crippen molar-refractivity contribution in [3.8, 4) is 0 Å². The lowest BCUT2D eigenvalue weighted by Gasteiger charge is -2.34. The van der Waals surface area contributed by atoms with E-state index in [0.29, 0.717) is 13.1 Å². The molecule has 0 radical (unpaired) electrons. The van der Waals surface area contributed by atoms with Crippen molar-refractivity contribution < 1.29 is 14.3 Å². The molecule has 1 fully saturated rings. The third kappa shape index (κ3) is 4.83. The van der Waals surface area contributed by atoms with E-state index in [4.69, 9.17) is 4.89 Å². The molecule has 1 aromatic carbocycles. The quantitative estimate of drug-likeness (QED) is 0.584.